The summed E-state index contributed by atoms with van der Waals surface area (Å²) >= 11 is 3.82. The van der Waals surface area contributed by atoms with Gasteiger partial charge in [-0.2, -0.15) is 0 Å². The number of benzene rings is 10. The maximum atomic E-state index is 2.64. The first-order valence-corrected chi connectivity index (χ1v) is 42.3. The molecule has 0 atom stereocenters. The van der Waals surface area contributed by atoms with E-state index in [4.69, 9.17) is 0 Å². The van der Waals surface area contributed by atoms with Crippen LogP contribution in [0.15, 0.2) is 212 Å². The maximum absolute atomic E-state index is 2.64. The maximum Gasteiger partial charge on any atom is 0.264 e. The Bertz CT molecular complexity index is 5360. The lowest BCUT2D eigenvalue weighted by molar-refractivity contribution is 0.589. The fourth-order valence-corrected chi connectivity index (χ4v) is 18.0. The van der Waals surface area contributed by atoms with Crippen LogP contribution in [-0.2, 0) is 54.1 Å². The van der Waals surface area contributed by atoms with Crippen molar-refractivity contribution in [3.63, 3.8) is 0 Å². The Balaban J connectivity index is 0.000000206. The fraction of sp³-hybridized carbons (Fsp3) is 0.381. The first kappa shape index (κ1) is 82.8. The molecule has 2 aliphatic rings. The summed E-state index contributed by atoms with van der Waals surface area (Å²) in [6.07, 6.45) is 0. The smallest absolute Gasteiger partial charge is 0.264 e. The van der Waals surface area contributed by atoms with E-state index in [0.29, 0.717) is 0 Å². The standard InChI is InChI=1S/C52H61BN2S.C52H64N2S.CH3/c1-48(2,3)32-16-22-37(23-17-32)54-41-26-20-35(51(10,11)12)29-40(41)53-45-42(54)30-36(52(13,14)15)31-43(45)55(38-24-18-33(19-25-38)49(4,5)6)46-39-28-34(50(7,8)9)21-27-44(39)56-47(46)53;1-48(2,3)35-16-23-40(24-17-35)53(41-25-18-36(19-26-41)49(4,5)6)43-30-39(52(13,14)15)31-44(33-43)54(42-27-20-37(21-28-42)50(7,8)9)46-34-55-47-29-22-38(32-45(46)47)51(10,11)12;/h16-31H,1-15H3;16-34H,1-15H3;1H3/q;;-1. The zero-order chi connectivity index (χ0) is 80.8. The fourth-order valence-electron chi connectivity index (χ4n) is 15.8. The number of thiophene rings is 2. The lowest BCUT2D eigenvalue weighted by Gasteiger charge is -2.44. The Kier molecular flexibility index (Phi) is 21.5. The molecule has 0 saturated carbocycles. The first-order valence-electron chi connectivity index (χ1n) is 40.6. The summed E-state index contributed by atoms with van der Waals surface area (Å²) in [4.78, 5) is 10.2. The molecular weight excluding hydrogens is 1390 g/mol. The summed E-state index contributed by atoms with van der Waals surface area (Å²) in [6.45, 7) is 69.5. The highest BCUT2D eigenvalue weighted by Gasteiger charge is 2.47. The SMILES string of the molecule is CC(C)(C)c1ccc(N(c2ccc(C(C)(C)C)cc2)c2cc(N(c3ccc(C(C)(C)C)cc3)c3csc4ccc(C(C)(C)C)cc34)cc(C(C)(C)C)c2)cc1.CC(C)(C)c1ccc(N2c3ccc(C(C)(C)C)cc3B3c4sc5ccc(C(C)(C)C)cc5c4N(c4ccc(C(C)(C)C)cc4)c4cc(C(C)(C)C)cc2c43)cc1.[CH3-]. The van der Waals surface area contributed by atoms with Crippen LogP contribution in [0.2, 0.25) is 0 Å². The molecule has 0 N–H and O–H groups in total. The normalized spacial score (nSPS) is 13.7. The molecule has 4 heterocycles. The third kappa shape index (κ3) is 16.4. The van der Waals surface area contributed by atoms with Crippen LogP contribution >= 0.6 is 22.7 Å². The molecule has 2 aromatic heterocycles. The number of anilines is 12. The van der Waals surface area contributed by atoms with Crippen LogP contribution in [0.3, 0.4) is 0 Å². The van der Waals surface area contributed by atoms with E-state index in [1.807, 2.05) is 22.7 Å². The second kappa shape index (κ2) is 29.0. The van der Waals surface area contributed by atoms with Gasteiger partial charge in [0, 0.05) is 87.2 Å². The van der Waals surface area contributed by atoms with Crippen molar-refractivity contribution in [3.05, 3.63) is 275 Å². The van der Waals surface area contributed by atoms with Gasteiger partial charge in [-0.15, -0.1) is 22.7 Å². The van der Waals surface area contributed by atoms with Gasteiger partial charge in [-0.25, -0.2) is 0 Å². The molecule has 0 fully saturated rings. The van der Waals surface area contributed by atoms with E-state index in [2.05, 4.69) is 439 Å². The molecular formula is C105H128BN4S2-. The van der Waals surface area contributed by atoms with Gasteiger partial charge in [-0.1, -0.05) is 293 Å². The molecule has 0 spiro atoms. The number of fused-ring (bicyclic) bond motifs is 7. The van der Waals surface area contributed by atoms with Gasteiger partial charge in [0.1, 0.15) is 0 Å². The molecule has 7 heteroatoms. The molecule has 14 rings (SSSR count). The molecule has 2 aliphatic heterocycles. The molecule has 0 bridgehead atoms. The van der Waals surface area contributed by atoms with Gasteiger partial charge in [-0.3, -0.25) is 0 Å². The minimum absolute atomic E-state index is 0. The van der Waals surface area contributed by atoms with Crippen LogP contribution in [-0.4, -0.2) is 6.71 Å². The van der Waals surface area contributed by atoms with E-state index >= 15 is 0 Å². The molecule has 10 aromatic carbocycles. The quantitative estimate of drug-likeness (QED) is 0.111. The van der Waals surface area contributed by atoms with Crippen LogP contribution in [0.1, 0.15) is 263 Å². The van der Waals surface area contributed by atoms with Crippen LogP contribution in [0, 0.1) is 7.43 Å². The third-order valence-corrected chi connectivity index (χ3v) is 25.3. The highest BCUT2D eigenvalue weighted by Crippen LogP contribution is 2.53. The first-order chi connectivity index (χ1) is 51.3. The summed E-state index contributed by atoms with van der Waals surface area (Å²) in [6, 6.07) is 80.4. The molecule has 584 valence electrons. The predicted molar refractivity (Wildman–Crippen MR) is 500 cm³/mol. The van der Waals surface area contributed by atoms with Crippen LogP contribution < -0.4 is 35.3 Å². The molecule has 4 nitrogen and oxygen atoms in total. The van der Waals surface area contributed by atoms with Crippen LogP contribution in [0.4, 0.5) is 68.2 Å². The Morgan fingerprint density at radius 1 is 0.268 bits per heavy atom. The van der Waals surface area contributed by atoms with Crippen LogP contribution in [0.5, 0.6) is 0 Å². The third-order valence-electron chi connectivity index (χ3n) is 23.2. The van der Waals surface area contributed by atoms with Crippen LogP contribution in [0.25, 0.3) is 20.2 Å². The van der Waals surface area contributed by atoms with E-state index < -0.39 is 0 Å². The zero-order valence-corrected chi connectivity index (χ0v) is 75.5. The van der Waals surface area contributed by atoms with Crippen molar-refractivity contribution in [1.29, 1.82) is 0 Å². The van der Waals surface area contributed by atoms with Crippen molar-refractivity contribution in [2.75, 3.05) is 19.6 Å². The van der Waals surface area contributed by atoms with Gasteiger partial charge in [0.05, 0.1) is 11.4 Å². The van der Waals surface area contributed by atoms with E-state index in [1.54, 1.807) is 0 Å². The molecule has 112 heavy (non-hydrogen) atoms. The molecule has 0 aliphatic carbocycles. The molecule has 0 saturated heterocycles. The Morgan fingerprint density at radius 3 is 1.00 bits per heavy atom. The Labute approximate surface area is 684 Å². The highest BCUT2D eigenvalue weighted by atomic mass is 32.1. The van der Waals surface area contributed by atoms with E-state index in [9.17, 15) is 0 Å². The van der Waals surface area contributed by atoms with Crippen molar-refractivity contribution in [1.82, 2.24) is 0 Å². The van der Waals surface area contributed by atoms with Gasteiger partial charge >= 0.3 is 0 Å². The monoisotopic (exact) mass is 1520 g/mol. The molecule has 0 unspecified atom stereocenters. The number of rotatable bonds is 8. The number of hydrogen-bond acceptors (Lipinski definition) is 6. The predicted octanol–water partition coefficient (Wildman–Crippen LogP) is 30.3. The second-order valence-corrected chi connectivity index (χ2v) is 44.3. The van der Waals surface area contributed by atoms with E-state index in [-0.39, 0.29) is 68.3 Å². The van der Waals surface area contributed by atoms with Gasteiger partial charge in [0.15, 0.2) is 0 Å². The lowest BCUT2D eigenvalue weighted by atomic mass is 9.36. The largest absolute Gasteiger partial charge is 0.358 e. The second-order valence-electron chi connectivity index (χ2n) is 42.3. The molecule has 12 aromatic rings. The van der Waals surface area contributed by atoms with Crippen molar-refractivity contribution in [3.8, 4) is 0 Å². The van der Waals surface area contributed by atoms with Gasteiger partial charge in [0.25, 0.3) is 6.71 Å². The Morgan fingerprint density at radius 2 is 0.589 bits per heavy atom. The minimum Gasteiger partial charge on any atom is -0.358 e. The summed E-state index contributed by atoms with van der Waals surface area (Å²) in [7, 11) is 0. The minimum atomic E-state index is -0.0967. The highest BCUT2D eigenvalue weighted by molar-refractivity contribution is 7.33. The zero-order valence-electron chi connectivity index (χ0n) is 73.9. The summed E-state index contributed by atoms with van der Waals surface area (Å²) in [5, 5.41) is 4.98. The van der Waals surface area contributed by atoms with Crippen molar-refractivity contribution in [2.45, 2.75) is 262 Å². The topological polar surface area (TPSA) is 13.0 Å². The average Bonchev–Trinajstić information content (AvgIpc) is 1.34. The molecule has 0 amide bonds. The number of nitrogens with zero attached hydrogens (tertiary/aromatic N) is 4. The average molecular weight is 1520 g/mol. The number of hydrogen-bond donors (Lipinski definition) is 0. The van der Waals surface area contributed by atoms with Crippen molar-refractivity contribution in [2.24, 2.45) is 0 Å². The van der Waals surface area contributed by atoms with E-state index in [1.165, 1.54) is 131 Å². The van der Waals surface area contributed by atoms with Gasteiger partial charge in [0.2, 0.25) is 0 Å². The summed E-state index contributed by atoms with van der Waals surface area (Å²) in [5.41, 5.74) is 30.9. The van der Waals surface area contributed by atoms with E-state index in [0.717, 1.165) is 28.4 Å². The van der Waals surface area contributed by atoms with Gasteiger partial charge in [-0.05, 0) is 242 Å². The van der Waals surface area contributed by atoms with Crippen molar-refractivity contribution >= 4 is 134 Å². The lowest BCUT2D eigenvalue weighted by Crippen LogP contribution is -2.60. The summed E-state index contributed by atoms with van der Waals surface area (Å²) < 4.78 is 4.07. The Hall–Kier alpha value is -8.62. The molecule has 0 radical (unpaired) electrons. The van der Waals surface area contributed by atoms with Crippen molar-refractivity contribution < 1.29 is 0 Å². The van der Waals surface area contributed by atoms with Gasteiger partial charge < -0.3 is 27.0 Å². The summed E-state index contributed by atoms with van der Waals surface area (Å²) in [5.74, 6) is 0.